The van der Waals surface area contributed by atoms with E-state index in [1.165, 1.54) is 17.5 Å². The zero-order chi connectivity index (χ0) is 9.26. The summed E-state index contributed by atoms with van der Waals surface area (Å²) in [6.45, 7) is 0. The molecule has 0 bridgehead atoms. The fraction of sp³-hybridized carbons (Fsp3) is 0.455. The number of hydrogen-bond donors (Lipinski definition) is 1. The second kappa shape index (κ2) is 6.21. The van der Waals surface area contributed by atoms with E-state index in [2.05, 4.69) is 6.07 Å². The van der Waals surface area contributed by atoms with Crippen LogP contribution < -0.4 is 10.5 Å². The molecular weight excluding hydrogens is 233 g/mol. The van der Waals surface area contributed by atoms with Crippen molar-refractivity contribution in [2.24, 2.45) is 5.73 Å². The van der Waals surface area contributed by atoms with Crippen LogP contribution in [0.2, 0.25) is 0 Å². The molecule has 0 aliphatic heterocycles. The number of rotatable bonds is 1. The van der Waals surface area contributed by atoms with E-state index >= 15 is 0 Å². The Morgan fingerprint density at radius 1 is 1.33 bits per heavy atom. The molecule has 1 aliphatic rings. The Hall–Kier alpha value is -0.440. The number of methoxy groups -OCH3 is 1. The van der Waals surface area contributed by atoms with Crippen molar-refractivity contribution in [3.05, 3.63) is 29.3 Å². The van der Waals surface area contributed by atoms with Gasteiger partial charge in [0.15, 0.2) is 0 Å². The van der Waals surface area contributed by atoms with E-state index < -0.39 is 0 Å². The number of ether oxygens (including phenoxy) is 1. The maximum atomic E-state index is 6.04. The summed E-state index contributed by atoms with van der Waals surface area (Å²) >= 11 is 0. The van der Waals surface area contributed by atoms with Crippen LogP contribution in [0.1, 0.15) is 30.0 Å². The van der Waals surface area contributed by atoms with E-state index in [1.54, 1.807) is 7.11 Å². The van der Waals surface area contributed by atoms with Crippen LogP contribution >= 0.6 is 24.8 Å². The van der Waals surface area contributed by atoms with Crippen LogP contribution in [-0.4, -0.2) is 7.11 Å². The number of hydrogen-bond acceptors (Lipinski definition) is 2. The number of fused-ring (bicyclic) bond motifs is 1. The second-order valence-corrected chi connectivity index (χ2v) is 3.53. The summed E-state index contributed by atoms with van der Waals surface area (Å²) in [4.78, 5) is 0. The Labute approximate surface area is 103 Å². The molecule has 4 heteroatoms. The summed E-state index contributed by atoms with van der Waals surface area (Å²) in [5.74, 6) is 0.949. The fourth-order valence-electron chi connectivity index (χ4n) is 2.06. The first-order valence-electron chi connectivity index (χ1n) is 4.74. The van der Waals surface area contributed by atoms with Crippen molar-refractivity contribution in [1.29, 1.82) is 0 Å². The number of aryl methyl sites for hydroxylation is 1. The molecule has 0 saturated heterocycles. The maximum absolute atomic E-state index is 6.04. The molecule has 86 valence electrons. The van der Waals surface area contributed by atoms with Crippen molar-refractivity contribution in [3.8, 4) is 5.75 Å². The highest BCUT2D eigenvalue weighted by atomic mass is 35.5. The van der Waals surface area contributed by atoms with Crippen LogP contribution in [-0.2, 0) is 6.42 Å². The van der Waals surface area contributed by atoms with Gasteiger partial charge in [-0.1, -0.05) is 12.1 Å². The predicted octanol–water partition coefficient (Wildman–Crippen LogP) is 2.87. The molecule has 2 N–H and O–H groups in total. The standard InChI is InChI=1S/C11H15NO.2ClH/c1-13-10-7-3-5-8-4-2-6-9(12)11(8)10;;/h3,5,7,9H,2,4,6,12H2,1H3;2*1H. The van der Waals surface area contributed by atoms with Crippen molar-refractivity contribution < 1.29 is 4.74 Å². The molecule has 0 amide bonds. The molecule has 2 rings (SSSR count). The first kappa shape index (κ1) is 14.6. The van der Waals surface area contributed by atoms with E-state index in [9.17, 15) is 0 Å². The SMILES string of the molecule is COc1cccc2c1C(N)CCC2.Cl.Cl. The molecule has 0 heterocycles. The quantitative estimate of drug-likeness (QED) is 0.831. The Bertz CT molecular complexity index is 303. The van der Waals surface area contributed by atoms with Gasteiger partial charge in [0.2, 0.25) is 0 Å². The third kappa shape index (κ3) is 2.77. The molecule has 0 fully saturated rings. The molecule has 15 heavy (non-hydrogen) atoms. The summed E-state index contributed by atoms with van der Waals surface area (Å²) in [5.41, 5.74) is 8.62. The summed E-state index contributed by atoms with van der Waals surface area (Å²) < 4.78 is 5.30. The largest absolute Gasteiger partial charge is 0.496 e. The van der Waals surface area contributed by atoms with Gasteiger partial charge in [-0.2, -0.15) is 0 Å². The molecular formula is C11H17Cl2NO. The van der Waals surface area contributed by atoms with E-state index in [0.29, 0.717) is 0 Å². The summed E-state index contributed by atoms with van der Waals surface area (Å²) in [6.07, 6.45) is 3.41. The first-order chi connectivity index (χ1) is 6.33. The third-order valence-corrected chi connectivity index (χ3v) is 2.71. The van der Waals surface area contributed by atoms with Gasteiger partial charge in [0.1, 0.15) is 5.75 Å². The lowest BCUT2D eigenvalue weighted by Crippen LogP contribution is -2.18. The molecule has 1 aromatic carbocycles. The van der Waals surface area contributed by atoms with Gasteiger partial charge in [0, 0.05) is 11.6 Å². The molecule has 0 saturated carbocycles. The average molecular weight is 250 g/mol. The zero-order valence-electron chi connectivity index (χ0n) is 8.73. The van der Waals surface area contributed by atoms with Gasteiger partial charge in [-0.3, -0.25) is 0 Å². The van der Waals surface area contributed by atoms with Gasteiger partial charge in [-0.05, 0) is 30.9 Å². The maximum Gasteiger partial charge on any atom is 0.123 e. The van der Waals surface area contributed by atoms with Gasteiger partial charge in [0.05, 0.1) is 7.11 Å². The van der Waals surface area contributed by atoms with Crippen molar-refractivity contribution in [2.75, 3.05) is 7.11 Å². The Morgan fingerprint density at radius 2 is 2.07 bits per heavy atom. The van der Waals surface area contributed by atoms with Crippen LogP contribution in [0.4, 0.5) is 0 Å². The Morgan fingerprint density at radius 3 is 2.73 bits per heavy atom. The first-order valence-corrected chi connectivity index (χ1v) is 4.74. The third-order valence-electron chi connectivity index (χ3n) is 2.71. The van der Waals surface area contributed by atoms with Crippen LogP contribution in [0.25, 0.3) is 0 Å². The summed E-state index contributed by atoms with van der Waals surface area (Å²) in [6, 6.07) is 6.34. The van der Waals surface area contributed by atoms with E-state index in [0.717, 1.165) is 18.6 Å². The number of benzene rings is 1. The molecule has 1 aromatic rings. The molecule has 1 atom stereocenters. The van der Waals surface area contributed by atoms with Gasteiger partial charge >= 0.3 is 0 Å². The molecule has 0 aromatic heterocycles. The van der Waals surface area contributed by atoms with Crippen LogP contribution in [0.5, 0.6) is 5.75 Å². The normalized spacial score (nSPS) is 18.1. The highest BCUT2D eigenvalue weighted by Gasteiger charge is 2.19. The monoisotopic (exact) mass is 249 g/mol. The molecule has 0 radical (unpaired) electrons. The summed E-state index contributed by atoms with van der Waals surface area (Å²) in [7, 11) is 1.71. The van der Waals surface area contributed by atoms with Crippen molar-refractivity contribution in [3.63, 3.8) is 0 Å². The number of halogens is 2. The second-order valence-electron chi connectivity index (χ2n) is 3.53. The fourth-order valence-corrected chi connectivity index (χ4v) is 2.06. The van der Waals surface area contributed by atoms with Gasteiger partial charge < -0.3 is 10.5 Å². The van der Waals surface area contributed by atoms with E-state index in [1.807, 2.05) is 12.1 Å². The highest BCUT2D eigenvalue weighted by molar-refractivity contribution is 5.85. The van der Waals surface area contributed by atoms with Gasteiger partial charge in [0.25, 0.3) is 0 Å². The molecule has 0 spiro atoms. The minimum Gasteiger partial charge on any atom is -0.496 e. The highest BCUT2D eigenvalue weighted by Crippen LogP contribution is 2.34. The smallest absolute Gasteiger partial charge is 0.123 e. The Balaban J connectivity index is 0.000000980. The minimum atomic E-state index is 0. The van der Waals surface area contributed by atoms with Crippen LogP contribution in [0.3, 0.4) is 0 Å². The van der Waals surface area contributed by atoms with Crippen molar-refractivity contribution in [1.82, 2.24) is 0 Å². The lowest BCUT2D eigenvalue weighted by Gasteiger charge is -2.24. The topological polar surface area (TPSA) is 35.2 Å². The van der Waals surface area contributed by atoms with Gasteiger partial charge in [-0.25, -0.2) is 0 Å². The van der Waals surface area contributed by atoms with Crippen molar-refractivity contribution in [2.45, 2.75) is 25.3 Å². The number of nitrogens with two attached hydrogens (primary N) is 1. The van der Waals surface area contributed by atoms with Crippen molar-refractivity contribution >= 4 is 24.8 Å². The zero-order valence-corrected chi connectivity index (χ0v) is 10.4. The molecule has 2 nitrogen and oxygen atoms in total. The molecule has 1 unspecified atom stereocenters. The predicted molar refractivity (Wildman–Crippen MR) is 67.4 cm³/mol. The van der Waals surface area contributed by atoms with E-state index in [4.69, 9.17) is 10.5 Å². The average Bonchev–Trinajstić information content (AvgIpc) is 2.17. The van der Waals surface area contributed by atoms with Crippen LogP contribution in [0, 0.1) is 0 Å². The van der Waals surface area contributed by atoms with E-state index in [-0.39, 0.29) is 30.9 Å². The minimum absolute atomic E-state index is 0. The molecule has 1 aliphatic carbocycles. The van der Waals surface area contributed by atoms with Crippen LogP contribution in [0.15, 0.2) is 18.2 Å². The lowest BCUT2D eigenvalue weighted by atomic mass is 9.87. The Kier molecular flexibility index (Phi) is 6.03. The van der Waals surface area contributed by atoms with Gasteiger partial charge in [-0.15, -0.1) is 24.8 Å². The summed E-state index contributed by atoms with van der Waals surface area (Å²) in [5, 5.41) is 0. The lowest BCUT2D eigenvalue weighted by molar-refractivity contribution is 0.399.